The van der Waals surface area contributed by atoms with Crippen LogP contribution in [0.25, 0.3) is 0 Å². The molecule has 2 aromatic carbocycles. The second-order valence-electron chi connectivity index (χ2n) is 9.26. The number of rotatable bonds is 4. The molecule has 0 unspecified atom stereocenters. The van der Waals surface area contributed by atoms with Crippen LogP contribution >= 0.6 is 0 Å². The predicted octanol–water partition coefficient (Wildman–Crippen LogP) is 5.41. The summed E-state index contributed by atoms with van der Waals surface area (Å²) in [6.45, 7) is 8.39. The average Bonchev–Trinajstić information content (AvgIpc) is 2.98. The van der Waals surface area contributed by atoms with E-state index in [9.17, 15) is 14.4 Å². The van der Waals surface area contributed by atoms with Gasteiger partial charge < -0.3 is 4.74 Å². The molecule has 162 valence electrons. The SMILES string of the molecule is Cc1ccccc1N1C(=O)c2ccc(C(=O)O[C@@H]3C[C@H](C)CC[C@@H]3C(C)C)cc2C1=O. The van der Waals surface area contributed by atoms with Gasteiger partial charge in [0, 0.05) is 0 Å². The van der Waals surface area contributed by atoms with E-state index in [1.807, 2.05) is 19.1 Å². The number of ether oxygens (including phenoxy) is 1. The number of benzene rings is 2. The van der Waals surface area contributed by atoms with Crippen molar-refractivity contribution in [1.82, 2.24) is 0 Å². The molecule has 1 heterocycles. The normalized spacial score (nSPS) is 23.3. The van der Waals surface area contributed by atoms with Crippen molar-refractivity contribution < 1.29 is 19.1 Å². The van der Waals surface area contributed by atoms with E-state index in [-0.39, 0.29) is 17.6 Å². The largest absolute Gasteiger partial charge is 0.458 e. The summed E-state index contributed by atoms with van der Waals surface area (Å²) in [5.74, 6) is 0.101. The topological polar surface area (TPSA) is 63.7 Å². The standard InChI is InChI=1S/C26H29NO4/c1-15(2)19-11-9-16(3)13-23(19)31-26(30)18-10-12-20-21(14-18)25(29)27(24(20)28)22-8-6-5-7-17(22)4/h5-8,10,12,14-16,19,23H,9,11,13H2,1-4H3/t16-,19-,23-/m1/s1. The van der Waals surface area contributed by atoms with Gasteiger partial charge in [-0.2, -0.15) is 0 Å². The number of hydrogen-bond donors (Lipinski definition) is 0. The van der Waals surface area contributed by atoms with Crippen molar-refractivity contribution in [3.8, 4) is 0 Å². The highest BCUT2D eigenvalue weighted by atomic mass is 16.5. The molecule has 5 heteroatoms. The van der Waals surface area contributed by atoms with Gasteiger partial charge in [-0.3, -0.25) is 9.59 Å². The summed E-state index contributed by atoms with van der Waals surface area (Å²) >= 11 is 0. The molecule has 1 saturated carbocycles. The summed E-state index contributed by atoms with van der Waals surface area (Å²) < 4.78 is 5.93. The minimum Gasteiger partial charge on any atom is -0.458 e. The summed E-state index contributed by atoms with van der Waals surface area (Å²) in [4.78, 5) is 40.1. The van der Waals surface area contributed by atoms with E-state index in [1.54, 1.807) is 24.3 Å². The molecule has 3 atom stereocenters. The average molecular weight is 420 g/mol. The number of fused-ring (bicyclic) bond motifs is 1. The Morgan fingerprint density at radius 2 is 1.74 bits per heavy atom. The Bertz CT molecular complexity index is 1040. The molecule has 31 heavy (non-hydrogen) atoms. The maximum atomic E-state index is 13.1. The van der Waals surface area contributed by atoms with E-state index < -0.39 is 11.9 Å². The number of carbonyl (C=O) groups is 3. The van der Waals surface area contributed by atoms with Crippen molar-refractivity contribution in [2.24, 2.45) is 17.8 Å². The molecule has 5 nitrogen and oxygen atoms in total. The molecule has 0 saturated heterocycles. The molecule has 0 aromatic heterocycles. The zero-order chi connectivity index (χ0) is 22.3. The highest BCUT2D eigenvalue weighted by Crippen LogP contribution is 2.36. The lowest BCUT2D eigenvalue weighted by Gasteiger charge is -2.36. The van der Waals surface area contributed by atoms with E-state index in [2.05, 4.69) is 20.8 Å². The highest BCUT2D eigenvalue weighted by Gasteiger charge is 2.38. The second-order valence-corrected chi connectivity index (χ2v) is 9.26. The van der Waals surface area contributed by atoms with E-state index in [4.69, 9.17) is 4.74 Å². The molecule has 0 N–H and O–H groups in total. The molecular formula is C26H29NO4. The smallest absolute Gasteiger partial charge is 0.338 e. The molecule has 1 aliphatic heterocycles. The zero-order valence-electron chi connectivity index (χ0n) is 18.6. The van der Waals surface area contributed by atoms with E-state index >= 15 is 0 Å². The fourth-order valence-electron chi connectivity index (χ4n) is 4.86. The maximum Gasteiger partial charge on any atom is 0.338 e. The van der Waals surface area contributed by atoms with Gasteiger partial charge in [-0.15, -0.1) is 0 Å². The van der Waals surface area contributed by atoms with Gasteiger partial charge in [-0.1, -0.05) is 45.4 Å². The lowest BCUT2D eigenvalue weighted by molar-refractivity contribution is -0.0174. The Balaban J connectivity index is 1.58. The zero-order valence-corrected chi connectivity index (χ0v) is 18.6. The first-order chi connectivity index (χ1) is 14.8. The van der Waals surface area contributed by atoms with Gasteiger partial charge in [-0.05, 0) is 67.3 Å². The van der Waals surface area contributed by atoms with Crippen LogP contribution in [0.2, 0.25) is 0 Å². The Morgan fingerprint density at radius 3 is 2.45 bits per heavy atom. The third kappa shape index (κ3) is 3.89. The lowest BCUT2D eigenvalue weighted by Crippen LogP contribution is -2.35. The van der Waals surface area contributed by atoms with Crippen molar-refractivity contribution in [3.63, 3.8) is 0 Å². The van der Waals surface area contributed by atoms with Gasteiger partial charge in [0.1, 0.15) is 6.10 Å². The molecule has 1 fully saturated rings. The number of carbonyl (C=O) groups excluding carboxylic acids is 3. The fourth-order valence-corrected chi connectivity index (χ4v) is 4.86. The summed E-state index contributed by atoms with van der Waals surface area (Å²) in [5, 5.41) is 0. The number of esters is 1. The Morgan fingerprint density at radius 1 is 1.03 bits per heavy atom. The van der Waals surface area contributed by atoms with Crippen LogP contribution in [0.1, 0.15) is 76.7 Å². The Kier molecular flexibility index (Phi) is 5.69. The van der Waals surface area contributed by atoms with Gasteiger partial charge in [0.25, 0.3) is 11.8 Å². The van der Waals surface area contributed by atoms with E-state index in [0.717, 1.165) is 24.8 Å². The number of aryl methyl sites for hydroxylation is 1. The molecule has 2 aliphatic rings. The molecule has 2 aromatic rings. The van der Waals surface area contributed by atoms with E-state index in [0.29, 0.717) is 34.6 Å². The number of amides is 2. The molecule has 1 aliphatic carbocycles. The van der Waals surface area contributed by atoms with Crippen LogP contribution in [0.15, 0.2) is 42.5 Å². The van der Waals surface area contributed by atoms with Crippen LogP contribution in [0.5, 0.6) is 0 Å². The molecule has 4 rings (SSSR count). The number of hydrogen-bond acceptors (Lipinski definition) is 4. The lowest BCUT2D eigenvalue weighted by atomic mass is 9.75. The van der Waals surface area contributed by atoms with Crippen molar-refractivity contribution in [3.05, 3.63) is 64.7 Å². The van der Waals surface area contributed by atoms with Crippen LogP contribution in [0.4, 0.5) is 5.69 Å². The van der Waals surface area contributed by atoms with Crippen LogP contribution in [0, 0.1) is 24.7 Å². The molecular weight excluding hydrogens is 390 g/mol. The van der Waals surface area contributed by atoms with Crippen LogP contribution in [-0.4, -0.2) is 23.9 Å². The molecule has 0 spiro atoms. The van der Waals surface area contributed by atoms with Crippen LogP contribution < -0.4 is 4.90 Å². The quantitative estimate of drug-likeness (QED) is 0.491. The highest BCUT2D eigenvalue weighted by molar-refractivity contribution is 6.34. The third-order valence-corrected chi connectivity index (χ3v) is 6.70. The maximum absolute atomic E-state index is 13.1. The summed E-state index contributed by atoms with van der Waals surface area (Å²) in [6.07, 6.45) is 2.95. The summed E-state index contributed by atoms with van der Waals surface area (Å²) in [5.41, 5.74) is 2.28. The number of nitrogens with zero attached hydrogens (tertiary/aromatic N) is 1. The van der Waals surface area contributed by atoms with Gasteiger partial charge in [-0.25, -0.2) is 9.69 Å². The summed E-state index contributed by atoms with van der Waals surface area (Å²) in [6, 6.07) is 11.9. The van der Waals surface area contributed by atoms with Crippen molar-refractivity contribution >= 4 is 23.5 Å². The monoisotopic (exact) mass is 419 g/mol. The van der Waals surface area contributed by atoms with Gasteiger partial charge in [0.05, 0.1) is 22.4 Å². The minimum atomic E-state index is -0.429. The predicted molar refractivity (Wildman–Crippen MR) is 119 cm³/mol. The van der Waals surface area contributed by atoms with Crippen LogP contribution in [-0.2, 0) is 4.74 Å². The number of para-hydroxylation sites is 1. The first-order valence-electron chi connectivity index (χ1n) is 11.1. The first-order valence-corrected chi connectivity index (χ1v) is 11.1. The minimum absolute atomic E-state index is 0.120. The molecule has 0 radical (unpaired) electrons. The van der Waals surface area contributed by atoms with E-state index in [1.165, 1.54) is 11.0 Å². The second kappa shape index (κ2) is 8.29. The van der Waals surface area contributed by atoms with Gasteiger partial charge in [0.2, 0.25) is 0 Å². The Hall–Kier alpha value is -2.95. The summed E-state index contributed by atoms with van der Waals surface area (Å²) in [7, 11) is 0. The molecule has 0 bridgehead atoms. The van der Waals surface area contributed by atoms with Crippen LogP contribution in [0.3, 0.4) is 0 Å². The Labute approximate surface area is 183 Å². The molecule has 2 amide bonds. The fraction of sp³-hybridized carbons (Fsp3) is 0.423. The number of anilines is 1. The van der Waals surface area contributed by atoms with Crippen molar-refractivity contribution in [2.45, 2.75) is 53.1 Å². The first kappa shape index (κ1) is 21.3. The van der Waals surface area contributed by atoms with Crippen molar-refractivity contribution in [1.29, 1.82) is 0 Å². The third-order valence-electron chi connectivity index (χ3n) is 6.70. The van der Waals surface area contributed by atoms with Crippen molar-refractivity contribution in [2.75, 3.05) is 4.90 Å². The number of imide groups is 1. The van der Waals surface area contributed by atoms with Gasteiger partial charge >= 0.3 is 5.97 Å². The van der Waals surface area contributed by atoms with Gasteiger partial charge in [0.15, 0.2) is 0 Å².